The molecule has 7 nitrogen and oxygen atoms in total. The van der Waals surface area contributed by atoms with Crippen LogP contribution < -0.4 is 10.6 Å². The fourth-order valence-corrected chi connectivity index (χ4v) is 3.82. The van der Waals surface area contributed by atoms with E-state index < -0.39 is 29.3 Å². The molecular weight excluding hydrogens is 401 g/mol. The van der Waals surface area contributed by atoms with E-state index in [4.69, 9.17) is 4.74 Å². The molecule has 158 valence electrons. The predicted molar refractivity (Wildman–Crippen MR) is 101 cm³/mol. The average molecular weight is 420 g/mol. The molecule has 0 aliphatic carbocycles. The van der Waals surface area contributed by atoms with Crippen molar-refractivity contribution in [2.75, 3.05) is 18.4 Å². The highest BCUT2D eigenvalue weighted by atomic mass is 19.4. The molecule has 2 aliphatic heterocycles. The number of esters is 1. The van der Waals surface area contributed by atoms with Gasteiger partial charge in [0.15, 0.2) is 5.69 Å². The van der Waals surface area contributed by atoms with Gasteiger partial charge in [0, 0.05) is 30.3 Å². The fraction of sp³-hybridized carbons (Fsp3) is 0.350. The van der Waals surface area contributed by atoms with Gasteiger partial charge >= 0.3 is 12.1 Å². The zero-order valence-corrected chi connectivity index (χ0v) is 16.0. The van der Waals surface area contributed by atoms with E-state index in [0.717, 1.165) is 10.7 Å². The Kier molecular flexibility index (Phi) is 4.89. The highest BCUT2D eigenvalue weighted by Gasteiger charge is 2.49. The number of nitrogens with zero attached hydrogens (tertiary/aromatic N) is 2. The van der Waals surface area contributed by atoms with Gasteiger partial charge in [-0.25, -0.2) is 9.48 Å². The molecule has 30 heavy (non-hydrogen) atoms. The summed E-state index contributed by atoms with van der Waals surface area (Å²) >= 11 is 0. The second-order valence-electron chi connectivity index (χ2n) is 7.28. The number of nitrogens with one attached hydrogen (secondary N) is 2. The summed E-state index contributed by atoms with van der Waals surface area (Å²) in [7, 11) is 0. The van der Waals surface area contributed by atoms with Crippen LogP contribution in [0.4, 0.5) is 18.9 Å². The van der Waals surface area contributed by atoms with Crippen LogP contribution in [0.2, 0.25) is 0 Å². The normalized spacial score (nSPS) is 18.6. The number of ether oxygens (including phenoxy) is 1. The minimum Gasteiger partial charge on any atom is -0.450 e. The summed E-state index contributed by atoms with van der Waals surface area (Å²) in [5.74, 6) is -0.914. The minimum atomic E-state index is -4.52. The number of piperidine rings is 1. The summed E-state index contributed by atoms with van der Waals surface area (Å²) in [6.07, 6.45) is -2.28. The summed E-state index contributed by atoms with van der Waals surface area (Å²) in [5, 5.41) is 9.46. The number of alkyl halides is 3. The Morgan fingerprint density at radius 3 is 2.47 bits per heavy atom. The van der Waals surface area contributed by atoms with Crippen LogP contribution in [0.1, 0.15) is 25.5 Å². The molecule has 1 saturated heterocycles. The third-order valence-electron chi connectivity index (χ3n) is 5.33. The molecule has 3 heterocycles. The van der Waals surface area contributed by atoms with E-state index in [-0.39, 0.29) is 0 Å². The first kappa shape index (κ1) is 20.1. The van der Waals surface area contributed by atoms with E-state index in [2.05, 4.69) is 15.7 Å². The number of rotatable bonds is 3. The smallest absolute Gasteiger partial charge is 0.435 e. The van der Waals surface area contributed by atoms with Gasteiger partial charge in [-0.15, -0.1) is 0 Å². The molecule has 1 amide bonds. The zero-order valence-electron chi connectivity index (χ0n) is 16.0. The van der Waals surface area contributed by atoms with Gasteiger partial charge < -0.3 is 15.4 Å². The quantitative estimate of drug-likeness (QED) is 0.746. The van der Waals surface area contributed by atoms with E-state index >= 15 is 0 Å². The highest BCUT2D eigenvalue weighted by Crippen LogP contribution is 2.40. The average Bonchev–Trinajstić information content (AvgIpc) is 3.27. The van der Waals surface area contributed by atoms with Crippen molar-refractivity contribution in [2.45, 2.75) is 31.5 Å². The summed E-state index contributed by atoms with van der Waals surface area (Å²) in [4.78, 5) is 25.1. The Balaban J connectivity index is 1.52. The van der Waals surface area contributed by atoms with E-state index in [1.807, 2.05) is 0 Å². The second kappa shape index (κ2) is 7.28. The van der Waals surface area contributed by atoms with Crippen LogP contribution in [-0.2, 0) is 20.5 Å². The standard InChI is InChI=1S/C20H19F3N4O3/c1-12-16(19(30-18(12)29)7-9-24-10-8-19)17(28)25-13-2-4-14(5-3-13)27-11-6-15(26-27)20(21,22)23/h2-6,11,24H,7-10H2,1H3,(H,25,28). The Morgan fingerprint density at radius 1 is 1.20 bits per heavy atom. The Bertz CT molecular complexity index is 1020. The number of aromatic nitrogens is 2. The topological polar surface area (TPSA) is 85.2 Å². The third-order valence-corrected chi connectivity index (χ3v) is 5.33. The lowest BCUT2D eigenvalue weighted by atomic mass is 9.83. The summed E-state index contributed by atoms with van der Waals surface area (Å²) in [6.45, 7) is 2.85. The van der Waals surface area contributed by atoms with E-state index in [9.17, 15) is 22.8 Å². The number of hydrogen-bond donors (Lipinski definition) is 2. The van der Waals surface area contributed by atoms with E-state index in [1.165, 1.54) is 6.20 Å². The number of carbonyl (C=O) groups excluding carboxylic acids is 2. The van der Waals surface area contributed by atoms with Crippen molar-refractivity contribution in [3.05, 3.63) is 53.4 Å². The lowest BCUT2D eigenvalue weighted by Crippen LogP contribution is -2.46. The SMILES string of the molecule is CC1=C(C(=O)Nc2ccc(-n3ccc(C(F)(F)F)n3)cc2)C2(CCNCC2)OC1=O. The molecule has 1 spiro atoms. The molecular formula is C20H19F3N4O3. The molecule has 0 unspecified atom stereocenters. The van der Waals surface area contributed by atoms with Crippen LogP contribution in [-0.4, -0.2) is 40.3 Å². The van der Waals surface area contributed by atoms with Crippen molar-refractivity contribution in [2.24, 2.45) is 0 Å². The van der Waals surface area contributed by atoms with Gasteiger partial charge in [-0.2, -0.15) is 18.3 Å². The van der Waals surface area contributed by atoms with Crippen LogP contribution in [0.5, 0.6) is 0 Å². The molecule has 0 atom stereocenters. The number of amides is 1. The van der Waals surface area contributed by atoms with Crippen LogP contribution in [0.3, 0.4) is 0 Å². The van der Waals surface area contributed by atoms with Gasteiger partial charge in [0.2, 0.25) is 0 Å². The lowest BCUT2D eigenvalue weighted by Gasteiger charge is -2.34. The summed E-state index contributed by atoms with van der Waals surface area (Å²) < 4.78 is 44.8. The van der Waals surface area contributed by atoms with Crippen molar-refractivity contribution in [3.8, 4) is 5.69 Å². The Labute approximate surface area is 169 Å². The number of halogens is 3. The molecule has 2 aromatic rings. The van der Waals surface area contributed by atoms with Gasteiger partial charge in [0.05, 0.1) is 11.3 Å². The molecule has 0 saturated carbocycles. The molecule has 0 bridgehead atoms. The van der Waals surface area contributed by atoms with Crippen LogP contribution >= 0.6 is 0 Å². The molecule has 1 aromatic heterocycles. The van der Waals surface area contributed by atoms with Crippen molar-refractivity contribution < 1.29 is 27.5 Å². The van der Waals surface area contributed by atoms with E-state index in [1.54, 1.807) is 31.2 Å². The monoisotopic (exact) mass is 420 g/mol. The van der Waals surface area contributed by atoms with Crippen molar-refractivity contribution in [3.63, 3.8) is 0 Å². The molecule has 2 N–H and O–H groups in total. The van der Waals surface area contributed by atoms with Gasteiger partial charge in [-0.05, 0) is 50.3 Å². The lowest BCUT2D eigenvalue weighted by molar-refractivity contribution is -0.149. The summed E-state index contributed by atoms with van der Waals surface area (Å²) in [5.41, 5.74) is -0.425. The van der Waals surface area contributed by atoms with Crippen molar-refractivity contribution in [1.82, 2.24) is 15.1 Å². The predicted octanol–water partition coefficient (Wildman–Crippen LogP) is 2.83. The summed E-state index contributed by atoms with van der Waals surface area (Å²) in [6, 6.07) is 7.09. The number of anilines is 1. The molecule has 1 aromatic carbocycles. The maximum atomic E-state index is 12.9. The maximum absolute atomic E-state index is 12.9. The minimum absolute atomic E-state index is 0.294. The van der Waals surface area contributed by atoms with Crippen LogP contribution in [0, 0.1) is 0 Å². The van der Waals surface area contributed by atoms with Crippen molar-refractivity contribution >= 4 is 17.6 Å². The largest absolute Gasteiger partial charge is 0.450 e. The van der Waals surface area contributed by atoms with Gasteiger partial charge in [0.25, 0.3) is 5.91 Å². The zero-order chi connectivity index (χ0) is 21.5. The second-order valence-corrected chi connectivity index (χ2v) is 7.28. The Morgan fingerprint density at radius 2 is 1.87 bits per heavy atom. The van der Waals surface area contributed by atoms with E-state index in [0.29, 0.717) is 48.5 Å². The third kappa shape index (κ3) is 3.58. The molecule has 4 rings (SSSR count). The highest BCUT2D eigenvalue weighted by molar-refractivity contribution is 6.12. The number of benzene rings is 1. The molecule has 10 heteroatoms. The van der Waals surface area contributed by atoms with Gasteiger partial charge in [-0.3, -0.25) is 4.79 Å². The van der Waals surface area contributed by atoms with Crippen LogP contribution in [0.25, 0.3) is 5.69 Å². The number of hydrogen-bond acceptors (Lipinski definition) is 5. The number of carbonyl (C=O) groups is 2. The first-order valence-corrected chi connectivity index (χ1v) is 9.40. The fourth-order valence-electron chi connectivity index (χ4n) is 3.82. The maximum Gasteiger partial charge on any atom is 0.435 e. The van der Waals surface area contributed by atoms with Gasteiger partial charge in [-0.1, -0.05) is 0 Å². The molecule has 2 aliphatic rings. The van der Waals surface area contributed by atoms with Crippen molar-refractivity contribution in [1.29, 1.82) is 0 Å². The first-order valence-electron chi connectivity index (χ1n) is 9.40. The van der Waals surface area contributed by atoms with Crippen LogP contribution in [0.15, 0.2) is 47.7 Å². The first-order chi connectivity index (χ1) is 14.2. The molecule has 1 fully saturated rings. The Hall–Kier alpha value is -3.14. The molecule has 0 radical (unpaired) electrons. The van der Waals surface area contributed by atoms with Gasteiger partial charge in [0.1, 0.15) is 5.60 Å².